The number of nitrogens with zero attached hydrogens (tertiary/aromatic N) is 1. The Morgan fingerprint density at radius 2 is 1.83 bits per heavy atom. The molecule has 0 spiro atoms. The first kappa shape index (κ1) is 20.4. The Balaban J connectivity index is 0.00000288. The number of hydrogen-bond donors (Lipinski definition) is 2. The normalized spacial score (nSPS) is 11.7. The molecule has 24 heavy (non-hydrogen) atoms. The molecule has 0 amide bonds. The number of nitrogens with one attached hydrogen (secondary N) is 1. The lowest BCUT2D eigenvalue weighted by molar-refractivity contribution is 0.600. The van der Waals surface area contributed by atoms with E-state index in [1.54, 1.807) is 0 Å². The van der Waals surface area contributed by atoms with E-state index in [0.717, 1.165) is 11.9 Å². The minimum Gasteiger partial charge on any atom is -0.370 e. The monoisotopic (exact) mass is 463 g/mol. The number of nitrogens with two attached hydrogens (primary N) is 1. The van der Waals surface area contributed by atoms with Gasteiger partial charge in [-0.15, -0.1) is 24.0 Å². The number of aliphatic imine (C=N–C) groups is 1. The smallest absolute Gasteiger partial charge is 0.193 e. The van der Waals surface area contributed by atoms with E-state index in [1.165, 1.54) is 18.2 Å². The van der Waals surface area contributed by atoms with Gasteiger partial charge in [-0.1, -0.05) is 24.3 Å². The van der Waals surface area contributed by atoms with Gasteiger partial charge in [-0.05, 0) is 35.4 Å². The summed E-state index contributed by atoms with van der Waals surface area (Å²) in [6.45, 7) is 0.0915. The van der Waals surface area contributed by atoms with E-state index in [1.807, 2.05) is 30.3 Å². The predicted molar refractivity (Wildman–Crippen MR) is 106 cm³/mol. The van der Waals surface area contributed by atoms with E-state index >= 15 is 0 Å². The summed E-state index contributed by atoms with van der Waals surface area (Å²) in [4.78, 5) is 4.14. The predicted octanol–water partition coefficient (Wildman–Crippen LogP) is 2.92. The second kappa shape index (κ2) is 8.97. The Bertz CT molecular complexity index is 811. The van der Waals surface area contributed by atoms with Gasteiger partial charge in [0, 0.05) is 11.9 Å². The molecule has 0 bridgehead atoms. The van der Waals surface area contributed by atoms with Gasteiger partial charge >= 0.3 is 0 Å². The van der Waals surface area contributed by atoms with Gasteiger partial charge in [0.1, 0.15) is 5.82 Å². The van der Waals surface area contributed by atoms with Crippen LogP contribution in [0.2, 0.25) is 0 Å². The molecule has 0 saturated carbocycles. The molecule has 2 rings (SSSR count). The van der Waals surface area contributed by atoms with Crippen molar-refractivity contribution in [2.45, 2.75) is 12.3 Å². The molecule has 3 N–H and O–H groups in total. The molecule has 8 heteroatoms. The maximum absolute atomic E-state index is 13.4. The van der Waals surface area contributed by atoms with Gasteiger partial charge in [0.2, 0.25) is 0 Å². The Morgan fingerprint density at radius 3 is 2.46 bits per heavy atom. The largest absolute Gasteiger partial charge is 0.370 e. The summed E-state index contributed by atoms with van der Waals surface area (Å²) in [5.74, 6) is -0.433. The molecule has 0 atom stereocenters. The van der Waals surface area contributed by atoms with Gasteiger partial charge in [-0.2, -0.15) is 0 Å². The topological polar surface area (TPSA) is 84.5 Å². The Labute approximate surface area is 158 Å². The number of hydrogen-bond acceptors (Lipinski definition) is 3. The zero-order valence-electron chi connectivity index (χ0n) is 13.1. The minimum absolute atomic E-state index is 0. The van der Waals surface area contributed by atoms with Crippen molar-refractivity contribution >= 4 is 45.5 Å². The number of halogens is 2. The highest BCUT2D eigenvalue weighted by Gasteiger charge is 2.10. The second-order valence-corrected chi connectivity index (χ2v) is 7.32. The van der Waals surface area contributed by atoms with Crippen molar-refractivity contribution in [2.24, 2.45) is 10.7 Å². The van der Waals surface area contributed by atoms with Crippen LogP contribution in [0.4, 0.5) is 10.1 Å². The van der Waals surface area contributed by atoms with E-state index in [0.29, 0.717) is 11.1 Å². The van der Waals surface area contributed by atoms with Gasteiger partial charge in [-0.3, -0.25) is 0 Å². The van der Waals surface area contributed by atoms with Crippen LogP contribution in [0.1, 0.15) is 11.1 Å². The first-order valence-electron chi connectivity index (χ1n) is 6.90. The lowest BCUT2D eigenvalue weighted by Gasteiger charge is -2.09. The van der Waals surface area contributed by atoms with Crippen LogP contribution >= 0.6 is 24.0 Å². The van der Waals surface area contributed by atoms with E-state index in [4.69, 9.17) is 5.73 Å². The average molecular weight is 463 g/mol. The molecule has 0 aromatic heterocycles. The van der Waals surface area contributed by atoms with Crippen molar-refractivity contribution in [3.63, 3.8) is 0 Å². The van der Waals surface area contributed by atoms with Crippen molar-refractivity contribution in [2.75, 3.05) is 11.6 Å². The maximum atomic E-state index is 13.4. The fraction of sp³-hybridized carbons (Fsp3) is 0.188. The number of sulfone groups is 1. The molecule has 0 aliphatic rings. The SMILES string of the molecule is CS(=O)(=O)Cc1ccc(F)cc1CN=C(N)Nc1ccccc1.I. The molecule has 2 aromatic rings. The van der Waals surface area contributed by atoms with Crippen molar-refractivity contribution in [3.8, 4) is 0 Å². The van der Waals surface area contributed by atoms with Crippen LogP contribution in [0.3, 0.4) is 0 Å². The number of benzene rings is 2. The third-order valence-corrected chi connectivity index (χ3v) is 3.89. The minimum atomic E-state index is -3.22. The van der Waals surface area contributed by atoms with Crippen LogP contribution < -0.4 is 11.1 Å². The lowest BCUT2D eigenvalue weighted by atomic mass is 10.1. The van der Waals surface area contributed by atoms with Gasteiger partial charge in [0.25, 0.3) is 0 Å². The van der Waals surface area contributed by atoms with Gasteiger partial charge in [-0.25, -0.2) is 17.8 Å². The van der Waals surface area contributed by atoms with Crippen molar-refractivity contribution in [1.82, 2.24) is 0 Å². The van der Waals surface area contributed by atoms with Crippen molar-refractivity contribution in [1.29, 1.82) is 0 Å². The fourth-order valence-corrected chi connectivity index (χ4v) is 2.89. The standard InChI is InChI=1S/C16H18FN3O2S.HI/c1-23(21,22)11-12-7-8-14(17)9-13(12)10-19-16(18)20-15-5-3-2-4-6-15;/h2-9H,10-11H2,1H3,(H3,18,19,20);1H. The Morgan fingerprint density at radius 1 is 1.17 bits per heavy atom. The molecule has 0 heterocycles. The van der Waals surface area contributed by atoms with Crippen molar-refractivity contribution in [3.05, 3.63) is 65.5 Å². The second-order valence-electron chi connectivity index (χ2n) is 5.18. The molecular formula is C16H19FIN3O2S. The van der Waals surface area contributed by atoms with E-state index in [-0.39, 0.29) is 42.2 Å². The highest BCUT2D eigenvalue weighted by Crippen LogP contribution is 2.15. The maximum Gasteiger partial charge on any atom is 0.193 e. The van der Waals surface area contributed by atoms with E-state index in [2.05, 4.69) is 10.3 Å². The van der Waals surface area contributed by atoms with Gasteiger partial charge < -0.3 is 11.1 Å². The molecule has 0 aliphatic heterocycles. The third kappa shape index (κ3) is 6.83. The van der Waals surface area contributed by atoms with Crippen molar-refractivity contribution < 1.29 is 12.8 Å². The van der Waals surface area contributed by atoms with Gasteiger partial charge in [0.05, 0.1) is 12.3 Å². The number of para-hydroxylation sites is 1. The first-order chi connectivity index (χ1) is 10.8. The summed E-state index contributed by atoms with van der Waals surface area (Å²) < 4.78 is 36.3. The quantitative estimate of drug-likeness (QED) is 0.406. The zero-order valence-corrected chi connectivity index (χ0v) is 16.2. The first-order valence-corrected chi connectivity index (χ1v) is 8.96. The number of rotatable bonds is 5. The van der Waals surface area contributed by atoms with Crippen LogP contribution in [0.15, 0.2) is 53.5 Å². The Hall–Kier alpha value is -1.68. The molecule has 0 unspecified atom stereocenters. The number of anilines is 1. The van der Waals surface area contributed by atoms with Crippen LogP contribution in [-0.2, 0) is 22.1 Å². The van der Waals surface area contributed by atoms with E-state index in [9.17, 15) is 12.8 Å². The fourth-order valence-electron chi connectivity index (χ4n) is 2.04. The van der Waals surface area contributed by atoms with Crippen LogP contribution in [0.25, 0.3) is 0 Å². The average Bonchev–Trinajstić information content (AvgIpc) is 2.47. The summed E-state index contributed by atoms with van der Waals surface area (Å²) in [5.41, 5.74) is 7.59. The summed E-state index contributed by atoms with van der Waals surface area (Å²) >= 11 is 0. The molecular weight excluding hydrogens is 444 g/mol. The highest BCUT2D eigenvalue weighted by atomic mass is 127. The van der Waals surface area contributed by atoms with Crippen LogP contribution in [-0.4, -0.2) is 20.6 Å². The summed E-state index contributed by atoms with van der Waals surface area (Å²) in [6, 6.07) is 13.2. The highest BCUT2D eigenvalue weighted by molar-refractivity contribution is 14.0. The summed E-state index contributed by atoms with van der Waals surface area (Å²) in [6.07, 6.45) is 1.13. The molecule has 5 nitrogen and oxygen atoms in total. The summed E-state index contributed by atoms with van der Waals surface area (Å²) in [7, 11) is -3.22. The molecule has 0 fully saturated rings. The van der Waals surface area contributed by atoms with Crippen LogP contribution in [0, 0.1) is 5.82 Å². The molecule has 0 saturated heterocycles. The molecule has 130 valence electrons. The van der Waals surface area contributed by atoms with E-state index < -0.39 is 15.7 Å². The summed E-state index contributed by atoms with van der Waals surface area (Å²) in [5, 5.41) is 2.91. The van der Waals surface area contributed by atoms with Crippen LogP contribution in [0.5, 0.6) is 0 Å². The molecule has 0 radical (unpaired) electrons. The molecule has 0 aliphatic carbocycles. The third-order valence-electron chi connectivity index (χ3n) is 3.05. The lowest BCUT2D eigenvalue weighted by Crippen LogP contribution is -2.22. The Kier molecular flexibility index (Phi) is 7.61. The van der Waals surface area contributed by atoms with Gasteiger partial charge in [0.15, 0.2) is 15.8 Å². The molecule has 2 aromatic carbocycles. The zero-order chi connectivity index (χ0) is 16.9. The number of guanidine groups is 1.